The molecule has 0 unspecified atom stereocenters. The second-order valence-corrected chi connectivity index (χ2v) is 17.2. The highest BCUT2D eigenvalue weighted by Gasteiger charge is 2.78. The second kappa shape index (κ2) is 15.2. The van der Waals surface area contributed by atoms with Gasteiger partial charge in [0.25, 0.3) is 0 Å². The quantitative estimate of drug-likeness (QED) is 0.147. The Bertz CT molecular complexity index is 2240. The van der Waals surface area contributed by atoms with Crippen molar-refractivity contribution >= 4 is 29.8 Å². The first-order chi connectivity index (χ1) is 29.1. The maximum absolute atomic E-state index is 15.1. The zero-order valence-corrected chi connectivity index (χ0v) is 33.5. The van der Waals surface area contributed by atoms with Gasteiger partial charge in [0, 0.05) is 25.2 Å². The molecule has 0 aromatic heterocycles. The molecule has 1 saturated heterocycles. The summed E-state index contributed by atoms with van der Waals surface area (Å²) in [5, 5.41) is 51.8. The van der Waals surface area contributed by atoms with Gasteiger partial charge >= 0.3 is 24.0 Å². The molecule has 3 fully saturated rings. The molecule has 0 radical (unpaired) electrons. The molecular weight excluding hydrogens is 754 g/mol. The van der Waals surface area contributed by atoms with Crippen molar-refractivity contribution < 1.29 is 74.9 Å². The number of aliphatic hydroxyl groups is 4. The molecule has 1 aliphatic heterocycles. The lowest BCUT2D eigenvalue weighted by Crippen LogP contribution is -2.81. The van der Waals surface area contributed by atoms with Crippen LogP contribution in [-0.2, 0) is 38.1 Å². The number of hydrogen-bond donors (Lipinski definition) is 5. The number of ketones is 1. The molecule has 15 heteroatoms. The van der Waals surface area contributed by atoms with Crippen molar-refractivity contribution in [3.8, 4) is 0 Å². The predicted octanol–water partition coefficient (Wildman–Crippen LogP) is 3.26. The number of fused-ring (bicyclic) bond motifs is 5. The normalized spacial score (nSPS) is 34.9. The van der Waals surface area contributed by atoms with Crippen LogP contribution in [0.15, 0.2) is 71.7 Å². The minimum Gasteiger partial charge on any atom is -0.456 e. The number of esters is 3. The van der Waals surface area contributed by atoms with E-state index in [1.54, 1.807) is 39.0 Å². The number of aliphatic hydroxyl groups excluding tert-OH is 3. The summed E-state index contributed by atoms with van der Waals surface area (Å²) in [6.45, 7) is 10.9. The summed E-state index contributed by atoms with van der Waals surface area (Å²) in [5.41, 5.74) is -10.5. The Morgan fingerprint density at radius 2 is 1.66 bits per heavy atom. The number of hydrogen-bond acceptors (Lipinski definition) is 14. The molecule has 2 aromatic carbocycles. The predicted molar refractivity (Wildman–Crippen MR) is 204 cm³/mol. The number of benzene rings is 2. The van der Waals surface area contributed by atoms with Crippen LogP contribution in [0.2, 0.25) is 0 Å². The third kappa shape index (κ3) is 7.10. The van der Waals surface area contributed by atoms with Crippen molar-refractivity contribution in [2.24, 2.45) is 16.7 Å². The van der Waals surface area contributed by atoms with Crippen molar-refractivity contribution in [3.63, 3.8) is 0 Å². The van der Waals surface area contributed by atoms with Crippen LogP contribution in [0, 0.1) is 16.7 Å². The maximum atomic E-state index is 15.1. The van der Waals surface area contributed by atoms with Gasteiger partial charge in [0.15, 0.2) is 17.5 Å². The van der Waals surface area contributed by atoms with Crippen LogP contribution in [0.5, 0.6) is 0 Å². The van der Waals surface area contributed by atoms with Crippen LogP contribution in [0.25, 0.3) is 0 Å². The van der Waals surface area contributed by atoms with Gasteiger partial charge in [0.2, 0.25) is 0 Å². The summed E-state index contributed by atoms with van der Waals surface area (Å²) in [4.78, 5) is 69.6. The van der Waals surface area contributed by atoms with Gasteiger partial charge in [-0.1, -0.05) is 62.3 Å². The van der Waals surface area contributed by atoms with Gasteiger partial charge in [-0.2, -0.15) is 0 Å². The van der Waals surface area contributed by atoms with Gasteiger partial charge in [-0.3, -0.25) is 9.59 Å². The van der Waals surface area contributed by atoms with Gasteiger partial charge < -0.3 is 49.4 Å². The number of Topliss-reactive ketones (excluding diaryl/α,β-unsaturated/α-hetero) is 1. The third-order valence-electron chi connectivity index (χ3n) is 12.3. The van der Waals surface area contributed by atoms with E-state index in [9.17, 15) is 39.6 Å². The number of amides is 1. The zero-order chi connectivity index (χ0) is 47.1. The lowest BCUT2D eigenvalue weighted by molar-refractivity contribution is -0.346. The van der Waals surface area contributed by atoms with Crippen LogP contribution in [0.4, 0.5) is 4.79 Å². The molecule has 314 valence electrons. The number of rotatable bonds is 8. The summed E-state index contributed by atoms with van der Waals surface area (Å²) >= 11 is 0. The maximum Gasteiger partial charge on any atom is 0.408 e. The van der Waals surface area contributed by atoms with E-state index < -0.39 is 155 Å². The first kappa shape index (κ1) is 36.4. The van der Waals surface area contributed by atoms with Crippen molar-refractivity contribution in [2.75, 3.05) is 6.61 Å². The molecule has 5 N–H and O–H groups in total. The van der Waals surface area contributed by atoms with Gasteiger partial charge in [0.1, 0.15) is 35.6 Å². The SMILES string of the molecule is [2H]c1c([2H])c([2H])c(C(=O)O[C@@H]2[C@H]3[C@@]4(OC(C)=O)CO[C@H]4C[C@@H](O)[C@]3(C)C(=O)[C@@H](O)C3=C(C)[C@H](OC(=O)[C@@H](O)[C@H](NC(=O)OC(C)(C)C)c4ccccc4)C[C@@]2(O)C3(C)C)c([2H])c1[2H]. The van der Waals surface area contributed by atoms with Gasteiger partial charge in [0.05, 0.1) is 42.5 Å². The fourth-order valence-electron chi connectivity index (χ4n) is 9.33. The van der Waals surface area contributed by atoms with E-state index in [4.69, 9.17) is 30.5 Å². The van der Waals surface area contributed by atoms with E-state index in [0.29, 0.717) is 0 Å². The van der Waals surface area contributed by atoms with Gasteiger partial charge in [-0.15, -0.1) is 0 Å². The van der Waals surface area contributed by atoms with Crippen LogP contribution < -0.4 is 5.32 Å². The van der Waals surface area contributed by atoms with E-state index in [0.717, 1.165) is 6.92 Å². The average Bonchev–Trinajstić information content (AvgIpc) is 3.19. The summed E-state index contributed by atoms with van der Waals surface area (Å²) in [7, 11) is 0. The first-order valence-corrected chi connectivity index (χ1v) is 18.9. The van der Waals surface area contributed by atoms with E-state index in [1.807, 2.05) is 0 Å². The van der Waals surface area contributed by atoms with E-state index >= 15 is 4.79 Å². The van der Waals surface area contributed by atoms with Crippen molar-refractivity contribution in [3.05, 3.63) is 82.8 Å². The highest BCUT2D eigenvalue weighted by molar-refractivity contribution is 5.94. The van der Waals surface area contributed by atoms with E-state index in [2.05, 4.69) is 5.32 Å². The number of alkyl carbamates (subject to hydrolysis) is 1. The van der Waals surface area contributed by atoms with Crippen molar-refractivity contribution in [2.45, 2.75) is 128 Å². The molecule has 58 heavy (non-hydrogen) atoms. The Hall–Kier alpha value is -4.67. The smallest absolute Gasteiger partial charge is 0.408 e. The highest BCUT2D eigenvalue weighted by atomic mass is 16.6. The fraction of sp³-hybridized carbons (Fsp3) is 0.558. The minimum absolute atomic E-state index is 0.0324. The van der Waals surface area contributed by atoms with Crippen molar-refractivity contribution in [1.82, 2.24) is 5.32 Å². The molecule has 3 aliphatic carbocycles. The molecule has 11 atom stereocenters. The molecule has 4 aliphatic rings. The van der Waals surface area contributed by atoms with Crippen LogP contribution in [0.3, 0.4) is 0 Å². The van der Waals surface area contributed by atoms with Gasteiger partial charge in [-0.05, 0) is 63.4 Å². The number of nitrogens with one attached hydrogen (secondary N) is 1. The molecule has 0 spiro atoms. The standard InChI is InChI=1S/C43H53NO14/c1-22-26(55-37(51)32(48)30(24-15-11-9-12-16-24)44-38(52)58-39(3,4)5)20-43(53)35(56-36(50)25-17-13-10-14-18-25)33-41(8,34(49)31(47)29(22)40(43,6)7)27(46)19-28-42(33,21-54-28)57-23(2)45/h9-18,26-28,30-33,35,46-48,53H,19-21H2,1-8H3,(H,44,52)/t26-,27-,28+,30-,31+,32+,33-,35-,41+,42-,43+/m1/s1/i10D,13D,14D,17D,18D. The monoisotopic (exact) mass is 812 g/mol. The van der Waals surface area contributed by atoms with Gasteiger partial charge in [-0.25, -0.2) is 14.4 Å². The molecular formula is C43H53NO14. The fourth-order valence-corrected chi connectivity index (χ4v) is 9.33. The van der Waals surface area contributed by atoms with Crippen LogP contribution in [-0.4, -0.2) is 110 Å². The molecule has 2 aromatic rings. The van der Waals surface area contributed by atoms with E-state index in [-0.39, 0.29) is 23.1 Å². The Balaban J connectivity index is 1.54. The lowest BCUT2D eigenvalue weighted by atomic mass is 9.44. The molecule has 1 heterocycles. The first-order valence-electron chi connectivity index (χ1n) is 21.4. The minimum atomic E-state index is -2.63. The molecule has 6 rings (SSSR count). The number of carbonyl (C=O) groups is 5. The molecule has 2 saturated carbocycles. The Morgan fingerprint density at radius 3 is 2.22 bits per heavy atom. The second-order valence-electron chi connectivity index (χ2n) is 17.2. The third-order valence-corrected chi connectivity index (χ3v) is 12.3. The number of carbonyl (C=O) groups excluding carboxylic acids is 5. The van der Waals surface area contributed by atoms with Crippen molar-refractivity contribution in [1.29, 1.82) is 0 Å². The molecule has 15 nitrogen and oxygen atoms in total. The summed E-state index contributed by atoms with van der Waals surface area (Å²) in [6.07, 6.45) is -13.0. The zero-order valence-electron chi connectivity index (χ0n) is 38.5. The summed E-state index contributed by atoms with van der Waals surface area (Å²) in [6, 6.07) is 1.92. The largest absolute Gasteiger partial charge is 0.456 e. The molecule has 2 bridgehead atoms. The number of ether oxygens (including phenoxy) is 5. The Labute approximate surface area is 343 Å². The van der Waals surface area contributed by atoms with E-state index in [1.165, 1.54) is 39.8 Å². The van der Waals surface area contributed by atoms with Crippen LogP contribution in [0.1, 0.15) is 97.0 Å². The summed E-state index contributed by atoms with van der Waals surface area (Å²) < 4.78 is 70.7. The molecule has 1 amide bonds. The Kier molecular flexibility index (Phi) is 9.52. The van der Waals surface area contributed by atoms with Crippen LogP contribution >= 0.6 is 0 Å². The lowest BCUT2D eigenvalue weighted by Gasteiger charge is -2.67. The highest BCUT2D eigenvalue weighted by Crippen LogP contribution is 2.64. The average molecular weight is 813 g/mol. The summed E-state index contributed by atoms with van der Waals surface area (Å²) in [5.74, 6) is -6.67. The Morgan fingerprint density at radius 1 is 1.02 bits per heavy atom. The topological polar surface area (TPSA) is 224 Å².